The lowest BCUT2D eigenvalue weighted by Crippen LogP contribution is -2.24. The van der Waals surface area contributed by atoms with E-state index in [1.165, 1.54) is 0 Å². The fourth-order valence-corrected chi connectivity index (χ4v) is 3.10. The first kappa shape index (κ1) is 14.8. The third kappa shape index (κ3) is 2.76. The van der Waals surface area contributed by atoms with E-state index in [0.29, 0.717) is 25.5 Å². The van der Waals surface area contributed by atoms with Crippen molar-refractivity contribution in [2.45, 2.75) is 19.4 Å². The number of benzene rings is 1. The van der Waals surface area contributed by atoms with E-state index in [2.05, 4.69) is 20.7 Å². The molecule has 0 saturated carbocycles. The fourth-order valence-electron chi connectivity index (χ4n) is 3.10. The molecule has 0 aliphatic carbocycles. The van der Waals surface area contributed by atoms with Gasteiger partial charge in [0.2, 0.25) is 5.95 Å². The van der Waals surface area contributed by atoms with Crippen LogP contribution in [0.15, 0.2) is 40.9 Å². The number of hydrogen-bond acceptors (Lipinski definition) is 7. The summed E-state index contributed by atoms with van der Waals surface area (Å²) in [4.78, 5) is 2.01. The van der Waals surface area contributed by atoms with E-state index < -0.39 is 6.10 Å². The van der Waals surface area contributed by atoms with Crippen LogP contribution >= 0.6 is 0 Å². The van der Waals surface area contributed by atoms with E-state index in [4.69, 9.17) is 4.52 Å². The highest BCUT2D eigenvalue weighted by molar-refractivity contribution is 5.41. The molecule has 24 heavy (non-hydrogen) atoms. The van der Waals surface area contributed by atoms with Crippen molar-refractivity contribution < 1.29 is 9.63 Å². The van der Waals surface area contributed by atoms with Gasteiger partial charge in [-0.25, -0.2) is 0 Å². The number of rotatable bonds is 4. The maximum Gasteiger partial charge on any atom is 0.250 e. The molecule has 0 amide bonds. The summed E-state index contributed by atoms with van der Waals surface area (Å²) in [6, 6.07) is 11.6. The third-order valence-electron chi connectivity index (χ3n) is 4.28. The van der Waals surface area contributed by atoms with Gasteiger partial charge in [0.1, 0.15) is 5.76 Å². The Balaban J connectivity index is 1.53. The maximum atomic E-state index is 10.4. The molecular formula is C16H18N6O2. The Hall–Kier alpha value is -2.74. The Morgan fingerprint density at radius 2 is 2.08 bits per heavy atom. The average molecular weight is 326 g/mol. The van der Waals surface area contributed by atoms with E-state index >= 15 is 0 Å². The zero-order chi connectivity index (χ0) is 16.5. The topological polar surface area (TPSA) is 93.1 Å². The molecule has 2 atom stereocenters. The van der Waals surface area contributed by atoms with Crippen molar-refractivity contribution in [3.63, 3.8) is 0 Å². The molecule has 3 heterocycles. The van der Waals surface area contributed by atoms with Crippen LogP contribution in [0.25, 0.3) is 5.69 Å². The number of tetrazole rings is 1. The van der Waals surface area contributed by atoms with Gasteiger partial charge in [-0.05, 0) is 29.5 Å². The van der Waals surface area contributed by atoms with Gasteiger partial charge in [-0.1, -0.05) is 28.5 Å². The number of anilines is 1. The largest absolute Gasteiger partial charge is 0.391 e. The van der Waals surface area contributed by atoms with Gasteiger partial charge in [-0.2, -0.15) is 4.68 Å². The molecule has 8 nitrogen and oxygen atoms in total. The summed E-state index contributed by atoms with van der Waals surface area (Å²) in [7, 11) is 0. The summed E-state index contributed by atoms with van der Waals surface area (Å²) in [6.07, 6.45) is 0.183. The van der Waals surface area contributed by atoms with Crippen LogP contribution in [0.2, 0.25) is 0 Å². The number of hydrogen-bond donors (Lipinski definition) is 1. The summed E-state index contributed by atoms with van der Waals surface area (Å²) in [5.41, 5.74) is 1.74. The molecule has 1 aliphatic heterocycles. The second kappa shape index (κ2) is 6.04. The van der Waals surface area contributed by atoms with E-state index in [1.807, 2.05) is 48.2 Å². The maximum absolute atomic E-state index is 10.4. The number of β-amino-alcohol motifs (C(OH)–C–C–N with tert-alkyl or cyclic N) is 1. The van der Waals surface area contributed by atoms with Crippen LogP contribution in [0.1, 0.15) is 11.5 Å². The number of aromatic nitrogens is 5. The summed E-state index contributed by atoms with van der Waals surface area (Å²) in [6.45, 7) is 3.04. The van der Waals surface area contributed by atoms with Gasteiger partial charge in [0.05, 0.1) is 17.5 Å². The summed E-state index contributed by atoms with van der Waals surface area (Å²) < 4.78 is 6.96. The Morgan fingerprint density at radius 3 is 2.83 bits per heavy atom. The number of para-hydroxylation sites is 1. The van der Waals surface area contributed by atoms with Crippen LogP contribution in [-0.2, 0) is 6.42 Å². The first-order valence-electron chi connectivity index (χ1n) is 7.90. The molecule has 3 aromatic rings. The zero-order valence-electron chi connectivity index (χ0n) is 13.3. The van der Waals surface area contributed by atoms with Crippen molar-refractivity contribution in [3.05, 3.63) is 47.9 Å². The molecule has 1 N–H and O–H groups in total. The van der Waals surface area contributed by atoms with E-state index in [0.717, 1.165) is 17.1 Å². The third-order valence-corrected chi connectivity index (χ3v) is 4.28. The lowest BCUT2D eigenvalue weighted by atomic mass is 10.0. The molecule has 1 fully saturated rings. The van der Waals surface area contributed by atoms with Crippen molar-refractivity contribution in [2.75, 3.05) is 18.0 Å². The SMILES string of the molecule is Cc1cc(C[C@@H]2CN(c3nnnn3-c3ccccc3)C[C@H]2O)on1. The lowest BCUT2D eigenvalue weighted by molar-refractivity contribution is 0.143. The lowest BCUT2D eigenvalue weighted by Gasteiger charge is -2.16. The van der Waals surface area contributed by atoms with Gasteiger partial charge >= 0.3 is 0 Å². The molecule has 1 aliphatic rings. The van der Waals surface area contributed by atoms with Crippen molar-refractivity contribution in [1.82, 2.24) is 25.4 Å². The van der Waals surface area contributed by atoms with E-state index in [-0.39, 0.29) is 5.92 Å². The highest BCUT2D eigenvalue weighted by Crippen LogP contribution is 2.26. The molecule has 4 rings (SSSR count). The van der Waals surface area contributed by atoms with Crippen LogP contribution in [0, 0.1) is 12.8 Å². The Bertz CT molecular complexity index is 815. The van der Waals surface area contributed by atoms with Crippen molar-refractivity contribution >= 4 is 5.95 Å². The number of aliphatic hydroxyl groups is 1. The summed E-state index contributed by atoms with van der Waals surface area (Å²) in [5.74, 6) is 1.48. The molecule has 1 saturated heterocycles. The van der Waals surface area contributed by atoms with Gasteiger partial charge in [-0.3, -0.25) is 0 Å². The van der Waals surface area contributed by atoms with Crippen LogP contribution in [0.4, 0.5) is 5.95 Å². The smallest absolute Gasteiger partial charge is 0.250 e. The Morgan fingerprint density at radius 1 is 1.25 bits per heavy atom. The zero-order valence-corrected chi connectivity index (χ0v) is 13.3. The predicted octanol–water partition coefficient (Wildman–Crippen LogP) is 0.999. The molecule has 8 heteroatoms. The molecule has 1 aromatic carbocycles. The van der Waals surface area contributed by atoms with Crippen LogP contribution < -0.4 is 4.90 Å². The van der Waals surface area contributed by atoms with Gasteiger partial charge < -0.3 is 14.5 Å². The van der Waals surface area contributed by atoms with Crippen LogP contribution in [-0.4, -0.2) is 49.7 Å². The molecular weight excluding hydrogens is 308 g/mol. The molecule has 124 valence electrons. The molecule has 0 spiro atoms. The predicted molar refractivity (Wildman–Crippen MR) is 85.8 cm³/mol. The number of aryl methyl sites for hydroxylation is 1. The highest BCUT2D eigenvalue weighted by Gasteiger charge is 2.34. The molecule has 0 bridgehead atoms. The second-order valence-corrected chi connectivity index (χ2v) is 6.10. The minimum absolute atomic E-state index is 0.0540. The monoisotopic (exact) mass is 326 g/mol. The standard InChI is InChI=1S/C16H18N6O2/c1-11-7-14(24-18-11)8-12-9-21(10-15(12)23)16-17-19-20-22(16)13-5-3-2-4-6-13/h2-7,12,15,23H,8-10H2,1H3/t12-,15-/m1/s1. The van der Waals surface area contributed by atoms with Crippen LogP contribution in [0.3, 0.4) is 0 Å². The average Bonchev–Trinajstić information content (AvgIpc) is 3.30. The Labute approximate surface area is 138 Å². The van der Waals surface area contributed by atoms with Crippen LogP contribution in [0.5, 0.6) is 0 Å². The number of nitrogens with zero attached hydrogens (tertiary/aromatic N) is 6. The van der Waals surface area contributed by atoms with Crippen molar-refractivity contribution in [2.24, 2.45) is 5.92 Å². The van der Waals surface area contributed by atoms with Gasteiger partial charge in [-0.15, -0.1) is 0 Å². The molecule has 2 aromatic heterocycles. The van der Waals surface area contributed by atoms with Crippen molar-refractivity contribution in [1.29, 1.82) is 0 Å². The molecule has 0 unspecified atom stereocenters. The van der Waals surface area contributed by atoms with E-state index in [9.17, 15) is 5.11 Å². The quantitative estimate of drug-likeness (QED) is 0.764. The van der Waals surface area contributed by atoms with Gasteiger partial charge in [0.15, 0.2) is 0 Å². The summed E-state index contributed by atoms with van der Waals surface area (Å²) in [5, 5.41) is 26.3. The fraction of sp³-hybridized carbons (Fsp3) is 0.375. The minimum atomic E-state index is -0.462. The minimum Gasteiger partial charge on any atom is -0.391 e. The Kier molecular flexibility index (Phi) is 3.73. The highest BCUT2D eigenvalue weighted by atomic mass is 16.5. The second-order valence-electron chi connectivity index (χ2n) is 6.10. The van der Waals surface area contributed by atoms with Gasteiger partial charge in [0, 0.05) is 31.5 Å². The first-order valence-corrected chi connectivity index (χ1v) is 7.90. The van der Waals surface area contributed by atoms with E-state index in [1.54, 1.807) is 4.68 Å². The van der Waals surface area contributed by atoms with Gasteiger partial charge in [0.25, 0.3) is 0 Å². The molecule has 0 radical (unpaired) electrons. The first-order chi connectivity index (χ1) is 11.7. The van der Waals surface area contributed by atoms with Crippen molar-refractivity contribution in [3.8, 4) is 5.69 Å². The normalized spacial score (nSPS) is 20.7. The summed E-state index contributed by atoms with van der Waals surface area (Å²) >= 11 is 0. The number of aliphatic hydroxyl groups excluding tert-OH is 1.